The highest BCUT2D eigenvalue weighted by Gasteiger charge is 2.27. The zero-order chi connectivity index (χ0) is 22.8. The Kier molecular flexibility index (Phi) is 6.34. The van der Waals surface area contributed by atoms with Gasteiger partial charge in [-0.25, -0.2) is 4.39 Å². The van der Waals surface area contributed by atoms with Crippen molar-refractivity contribution in [1.29, 1.82) is 0 Å². The molecule has 4 rings (SSSR count). The summed E-state index contributed by atoms with van der Waals surface area (Å²) >= 11 is 0. The number of halogens is 1. The highest BCUT2D eigenvalue weighted by Crippen LogP contribution is 2.25. The Hall–Kier alpha value is -3.10. The van der Waals surface area contributed by atoms with Gasteiger partial charge in [0.1, 0.15) is 11.5 Å². The number of benzene rings is 2. The Morgan fingerprint density at radius 2 is 2.03 bits per heavy atom. The first-order chi connectivity index (χ1) is 15.3. The standard InChI is InChI=1S/C24H27FN4O3/c1-14-15(2)23(25)19(24(31)26-21-13-32-9-8-22(21)30)11-18(14)10-16-4-6-17(7-5-16)20-12-29(3)28-27-20/h4-7,11-12,21-22,30H,8-10,13H2,1-3H3,(H,26,31)/t21-,22-/m0/s1. The fraction of sp³-hybridized carbons (Fsp3) is 0.375. The Morgan fingerprint density at radius 1 is 1.28 bits per heavy atom. The van der Waals surface area contributed by atoms with Crippen molar-refractivity contribution in [1.82, 2.24) is 20.3 Å². The van der Waals surface area contributed by atoms with Crippen LogP contribution >= 0.6 is 0 Å². The Bertz CT molecular complexity index is 1130. The number of nitrogens with one attached hydrogen (secondary N) is 1. The minimum Gasteiger partial charge on any atom is -0.391 e. The number of aliphatic hydroxyl groups is 1. The molecule has 8 heteroatoms. The molecular formula is C24H27FN4O3. The van der Waals surface area contributed by atoms with Crippen molar-refractivity contribution in [2.24, 2.45) is 7.05 Å². The minimum absolute atomic E-state index is 0.0166. The van der Waals surface area contributed by atoms with Gasteiger partial charge < -0.3 is 15.2 Å². The summed E-state index contributed by atoms with van der Waals surface area (Å²) in [7, 11) is 1.82. The molecule has 0 bridgehead atoms. The summed E-state index contributed by atoms with van der Waals surface area (Å²) < 4.78 is 21.9. The first-order valence-electron chi connectivity index (χ1n) is 10.6. The number of hydrogen-bond acceptors (Lipinski definition) is 5. The molecule has 2 aromatic carbocycles. The van der Waals surface area contributed by atoms with Crippen LogP contribution in [-0.4, -0.2) is 51.4 Å². The number of aliphatic hydroxyl groups excluding tert-OH is 1. The number of amides is 1. The van der Waals surface area contributed by atoms with Gasteiger partial charge in [0.25, 0.3) is 5.91 Å². The maximum absolute atomic E-state index is 15.0. The molecule has 1 fully saturated rings. The van der Waals surface area contributed by atoms with Gasteiger partial charge in [-0.3, -0.25) is 9.48 Å². The second kappa shape index (κ2) is 9.18. The molecule has 1 aliphatic rings. The molecule has 1 aromatic heterocycles. The van der Waals surface area contributed by atoms with Gasteiger partial charge in [-0.2, -0.15) is 0 Å². The lowest BCUT2D eigenvalue weighted by atomic mass is 9.93. The number of aromatic nitrogens is 3. The third-order valence-corrected chi connectivity index (χ3v) is 6.06. The zero-order valence-corrected chi connectivity index (χ0v) is 18.4. The molecular weight excluding hydrogens is 411 g/mol. The van der Waals surface area contributed by atoms with E-state index in [1.807, 2.05) is 44.4 Å². The maximum Gasteiger partial charge on any atom is 0.254 e. The van der Waals surface area contributed by atoms with Crippen LogP contribution in [-0.2, 0) is 18.2 Å². The molecule has 168 valence electrons. The first kappa shape index (κ1) is 22.1. The summed E-state index contributed by atoms with van der Waals surface area (Å²) in [5, 5.41) is 20.9. The van der Waals surface area contributed by atoms with Crippen molar-refractivity contribution < 1.29 is 19.0 Å². The second-order valence-electron chi connectivity index (χ2n) is 8.31. The predicted octanol–water partition coefficient (Wildman–Crippen LogP) is 2.71. The molecule has 0 unspecified atom stereocenters. The number of carbonyl (C=O) groups is 1. The minimum atomic E-state index is -0.699. The van der Waals surface area contributed by atoms with Crippen LogP contribution in [0.25, 0.3) is 11.3 Å². The molecule has 0 spiro atoms. The number of aryl methyl sites for hydroxylation is 1. The van der Waals surface area contributed by atoms with Crippen molar-refractivity contribution in [3.63, 3.8) is 0 Å². The van der Waals surface area contributed by atoms with Crippen molar-refractivity contribution in [3.8, 4) is 11.3 Å². The molecule has 2 heterocycles. The van der Waals surface area contributed by atoms with Crippen LogP contribution in [0.4, 0.5) is 4.39 Å². The number of hydrogen-bond donors (Lipinski definition) is 2. The summed E-state index contributed by atoms with van der Waals surface area (Å²) in [5.74, 6) is -1.08. The summed E-state index contributed by atoms with van der Waals surface area (Å²) in [6, 6.07) is 9.01. The lowest BCUT2D eigenvalue weighted by Crippen LogP contribution is -2.49. The molecule has 2 atom stereocenters. The molecule has 0 aliphatic carbocycles. The van der Waals surface area contributed by atoms with E-state index in [1.165, 1.54) is 0 Å². The third kappa shape index (κ3) is 4.56. The number of ether oxygens (including phenoxy) is 1. The number of rotatable bonds is 5. The van der Waals surface area contributed by atoms with Crippen LogP contribution in [0.3, 0.4) is 0 Å². The van der Waals surface area contributed by atoms with Crippen LogP contribution in [0.5, 0.6) is 0 Å². The van der Waals surface area contributed by atoms with E-state index in [0.29, 0.717) is 25.0 Å². The average Bonchev–Trinajstić information content (AvgIpc) is 3.22. The van der Waals surface area contributed by atoms with Gasteiger partial charge in [0.05, 0.1) is 30.5 Å². The molecule has 1 saturated heterocycles. The van der Waals surface area contributed by atoms with E-state index in [2.05, 4.69) is 15.6 Å². The Labute approximate surface area is 186 Å². The zero-order valence-electron chi connectivity index (χ0n) is 18.4. The summed E-state index contributed by atoms with van der Waals surface area (Å²) in [5.41, 5.74) is 4.92. The number of carbonyl (C=O) groups excluding carboxylic acids is 1. The predicted molar refractivity (Wildman–Crippen MR) is 118 cm³/mol. The van der Waals surface area contributed by atoms with Gasteiger partial charge in [0.15, 0.2) is 0 Å². The highest BCUT2D eigenvalue weighted by atomic mass is 19.1. The highest BCUT2D eigenvalue weighted by molar-refractivity contribution is 5.95. The van der Waals surface area contributed by atoms with E-state index in [9.17, 15) is 14.3 Å². The molecule has 0 radical (unpaired) electrons. The molecule has 1 amide bonds. The molecule has 2 N–H and O–H groups in total. The van der Waals surface area contributed by atoms with Gasteiger partial charge in [-0.1, -0.05) is 29.5 Å². The molecule has 0 saturated carbocycles. The van der Waals surface area contributed by atoms with Crippen LogP contribution in [0.2, 0.25) is 0 Å². The van der Waals surface area contributed by atoms with E-state index >= 15 is 0 Å². The van der Waals surface area contributed by atoms with Crippen LogP contribution in [0, 0.1) is 19.7 Å². The Balaban J connectivity index is 1.56. The molecule has 1 aliphatic heterocycles. The summed E-state index contributed by atoms with van der Waals surface area (Å²) in [6.45, 7) is 4.21. The van der Waals surface area contributed by atoms with Crippen LogP contribution in [0.1, 0.15) is 39.0 Å². The SMILES string of the molecule is Cc1c(Cc2ccc(-c3cn(C)nn3)cc2)cc(C(=O)N[C@H]2COCC[C@@H]2O)c(F)c1C. The Morgan fingerprint density at radius 3 is 2.69 bits per heavy atom. The topological polar surface area (TPSA) is 89.3 Å². The first-order valence-corrected chi connectivity index (χ1v) is 10.6. The quantitative estimate of drug-likeness (QED) is 0.639. The maximum atomic E-state index is 15.0. The van der Waals surface area contributed by atoms with Crippen molar-refractivity contribution in [2.75, 3.05) is 13.2 Å². The van der Waals surface area contributed by atoms with Gasteiger partial charge in [0, 0.05) is 19.2 Å². The average molecular weight is 439 g/mol. The molecule has 3 aromatic rings. The van der Waals surface area contributed by atoms with E-state index < -0.39 is 23.9 Å². The van der Waals surface area contributed by atoms with E-state index in [1.54, 1.807) is 17.7 Å². The lowest BCUT2D eigenvalue weighted by Gasteiger charge is -2.28. The summed E-state index contributed by atoms with van der Waals surface area (Å²) in [6.07, 6.45) is 2.15. The van der Waals surface area contributed by atoms with Crippen LogP contribution in [0.15, 0.2) is 36.5 Å². The van der Waals surface area contributed by atoms with Crippen molar-refractivity contribution >= 4 is 5.91 Å². The van der Waals surface area contributed by atoms with Crippen LogP contribution < -0.4 is 5.32 Å². The summed E-state index contributed by atoms with van der Waals surface area (Å²) in [4.78, 5) is 12.8. The molecule has 7 nitrogen and oxygen atoms in total. The van der Waals surface area contributed by atoms with Gasteiger partial charge in [0.2, 0.25) is 0 Å². The fourth-order valence-corrected chi connectivity index (χ4v) is 3.91. The monoisotopic (exact) mass is 438 g/mol. The number of nitrogens with zero attached hydrogens (tertiary/aromatic N) is 3. The van der Waals surface area contributed by atoms with Gasteiger partial charge in [-0.15, -0.1) is 5.10 Å². The van der Waals surface area contributed by atoms with Gasteiger partial charge >= 0.3 is 0 Å². The third-order valence-electron chi connectivity index (χ3n) is 6.06. The van der Waals surface area contributed by atoms with E-state index in [4.69, 9.17) is 4.74 Å². The fourth-order valence-electron chi connectivity index (χ4n) is 3.91. The van der Waals surface area contributed by atoms with Crippen molar-refractivity contribution in [3.05, 3.63) is 70.2 Å². The van der Waals surface area contributed by atoms with E-state index in [-0.39, 0.29) is 12.2 Å². The lowest BCUT2D eigenvalue weighted by molar-refractivity contribution is -0.0140. The smallest absolute Gasteiger partial charge is 0.254 e. The largest absolute Gasteiger partial charge is 0.391 e. The molecule has 32 heavy (non-hydrogen) atoms. The second-order valence-corrected chi connectivity index (χ2v) is 8.31. The van der Waals surface area contributed by atoms with Crippen molar-refractivity contribution in [2.45, 2.75) is 38.8 Å². The van der Waals surface area contributed by atoms with Gasteiger partial charge in [-0.05, 0) is 55.0 Å². The normalized spacial score (nSPS) is 18.5. The van der Waals surface area contributed by atoms with E-state index in [0.717, 1.165) is 27.9 Å².